The second-order valence-electron chi connectivity index (χ2n) is 4.85. The molecule has 20 heavy (non-hydrogen) atoms. The summed E-state index contributed by atoms with van der Waals surface area (Å²) in [6, 6.07) is 8.78. The maximum absolute atomic E-state index is 13.8. The van der Waals surface area contributed by atoms with Crippen molar-refractivity contribution in [2.45, 2.75) is 25.9 Å². The highest BCUT2D eigenvalue weighted by atomic mass is 19.2. The molecule has 2 aromatic carbocycles. The number of aryl methyl sites for hydroxylation is 1. The Hall–Kier alpha value is -1.81. The molecule has 0 aromatic heterocycles. The molecular weight excluding hydrogens is 265 g/mol. The predicted molar refractivity (Wildman–Crippen MR) is 70.8 cm³/mol. The highest BCUT2D eigenvalue weighted by Crippen LogP contribution is 2.32. The highest BCUT2D eigenvalue weighted by molar-refractivity contribution is 5.37. The molecule has 0 aliphatic carbocycles. The van der Waals surface area contributed by atoms with Crippen LogP contribution in [0.25, 0.3) is 0 Å². The third-order valence-corrected chi connectivity index (χ3v) is 3.48. The monoisotopic (exact) mass is 280 g/mol. The molecule has 0 amide bonds. The molecule has 0 radical (unpaired) electrons. The average molecular weight is 280 g/mol. The summed E-state index contributed by atoms with van der Waals surface area (Å²) < 4.78 is 40.1. The number of hydrogen-bond acceptors (Lipinski definition) is 1. The van der Waals surface area contributed by atoms with Gasteiger partial charge in [0.15, 0.2) is 17.5 Å². The molecule has 1 atom stereocenters. The summed E-state index contributed by atoms with van der Waals surface area (Å²) in [7, 11) is 0. The van der Waals surface area contributed by atoms with Crippen LogP contribution >= 0.6 is 0 Å². The first-order valence-electron chi connectivity index (χ1n) is 6.33. The number of hydrogen-bond donors (Lipinski definition) is 1. The van der Waals surface area contributed by atoms with E-state index in [1.807, 2.05) is 19.1 Å². The number of halogens is 3. The molecule has 0 fully saturated rings. The minimum absolute atomic E-state index is 0.291. The number of aliphatic hydroxyl groups is 1. The zero-order valence-corrected chi connectivity index (χ0v) is 11.3. The van der Waals surface area contributed by atoms with Crippen molar-refractivity contribution in [2.75, 3.05) is 0 Å². The van der Waals surface area contributed by atoms with Gasteiger partial charge in [0, 0.05) is 5.56 Å². The van der Waals surface area contributed by atoms with Gasteiger partial charge in [-0.15, -0.1) is 0 Å². The second kappa shape index (κ2) is 5.29. The summed E-state index contributed by atoms with van der Waals surface area (Å²) in [5, 5.41) is 10.5. The molecule has 0 aliphatic rings. The van der Waals surface area contributed by atoms with Gasteiger partial charge in [0.2, 0.25) is 0 Å². The Bertz CT molecular complexity index is 618. The fourth-order valence-electron chi connectivity index (χ4n) is 2.12. The average Bonchev–Trinajstić information content (AvgIpc) is 2.44. The molecule has 0 aliphatic heterocycles. The van der Waals surface area contributed by atoms with E-state index in [9.17, 15) is 18.3 Å². The standard InChI is InChI=1S/C16H15F3O/c1-3-10-4-6-11(7-5-10)16(2,20)12-8-9-13(17)15(19)14(12)18/h4-9,20H,3H2,1-2H3. The Morgan fingerprint density at radius 1 is 0.950 bits per heavy atom. The molecule has 2 rings (SSSR count). The highest BCUT2D eigenvalue weighted by Gasteiger charge is 2.31. The smallest absolute Gasteiger partial charge is 0.194 e. The van der Waals surface area contributed by atoms with Gasteiger partial charge in [-0.1, -0.05) is 31.2 Å². The fraction of sp³-hybridized carbons (Fsp3) is 0.250. The largest absolute Gasteiger partial charge is 0.381 e. The van der Waals surface area contributed by atoms with Crippen molar-refractivity contribution in [3.8, 4) is 0 Å². The van der Waals surface area contributed by atoms with E-state index in [2.05, 4.69) is 0 Å². The molecule has 1 unspecified atom stereocenters. The number of benzene rings is 2. The van der Waals surface area contributed by atoms with Gasteiger partial charge >= 0.3 is 0 Å². The Morgan fingerprint density at radius 2 is 1.55 bits per heavy atom. The molecule has 1 N–H and O–H groups in total. The maximum Gasteiger partial charge on any atom is 0.194 e. The van der Waals surface area contributed by atoms with Crippen LogP contribution in [-0.4, -0.2) is 5.11 Å². The van der Waals surface area contributed by atoms with E-state index in [0.29, 0.717) is 5.56 Å². The SMILES string of the molecule is CCc1ccc(C(C)(O)c2ccc(F)c(F)c2F)cc1. The summed E-state index contributed by atoms with van der Waals surface area (Å²) in [6.45, 7) is 3.34. The van der Waals surface area contributed by atoms with Crippen molar-refractivity contribution in [1.82, 2.24) is 0 Å². The van der Waals surface area contributed by atoms with Gasteiger partial charge in [-0.25, -0.2) is 13.2 Å². The van der Waals surface area contributed by atoms with Crippen LogP contribution in [0.3, 0.4) is 0 Å². The number of rotatable bonds is 3. The third-order valence-electron chi connectivity index (χ3n) is 3.48. The molecule has 1 nitrogen and oxygen atoms in total. The summed E-state index contributed by atoms with van der Waals surface area (Å²) in [4.78, 5) is 0. The van der Waals surface area contributed by atoms with E-state index < -0.39 is 23.1 Å². The van der Waals surface area contributed by atoms with Crippen LogP contribution in [0.1, 0.15) is 30.5 Å². The van der Waals surface area contributed by atoms with Crippen molar-refractivity contribution in [2.24, 2.45) is 0 Å². The van der Waals surface area contributed by atoms with E-state index in [1.54, 1.807) is 12.1 Å². The fourth-order valence-corrected chi connectivity index (χ4v) is 2.12. The van der Waals surface area contributed by atoms with Gasteiger partial charge in [-0.2, -0.15) is 0 Å². The predicted octanol–water partition coefficient (Wildman–Crippen LogP) is 3.92. The Morgan fingerprint density at radius 3 is 2.10 bits per heavy atom. The van der Waals surface area contributed by atoms with Crippen LogP contribution in [-0.2, 0) is 12.0 Å². The van der Waals surface area contributed by atoms with Crippen LogP contribution in [0.2, 0.25) is 0 Å². The van der Waals surface area contributed by atoms with Crippen molar-refractivity contribution in [3.05, 3.63) is 70.5 Å². The van der Waals surface area contributed by atoms with Crippen LogP contribution in [0, 0.1) is 17.5 Å². The molecular formula is C16H15F3O. The molecule has 2 aromatic rings. The lowest BCUT2D eigenvalue weighted by Gasteiger charge is -2.25. The Balaban J connectivity index is 2.51. The lowest BCUT2D eigenvalue weighted by molar-refractivity contribution is 0.0967. The van der Waals surface area contributed by atoms with Crippen molar-refractivity contribution >= 4 is 0 Å². The molecule has 0 saturated carbocycles. The van der Waals surface area contributed by atoms with E-state index in [1.165, 1.54) is 6.92 Å². The van der Waals surface area contributed by atoms with Crippen molar-refractivity contribution in [3.63, 3.8) is 0 Å². The van der Waals surface area contributed by atoms with Crippen molar-refractivity contribution in [1.29, 1.82) is 0 Å². The molecule has 0 spiro atoms. The zero-order chi connectivity index (χ0) is 14.9. The van der Waals surface area contributed by atoms with Crippen LogP contribution < -0.4 is 0 Å². The minimum Gasteiger partial charge on any atom is -0.381 e. The lowest BCUT2D eigenvalue weighted by atomic mass is 9.87. The molecule has 0 bridgehead atoms. The van der Waals surface area contributed by atoms with E-state index in [0.717, 1.165) is 24.1 Å². The van der Waals surface area contributed by atoms with Gasteiger partial charge < -0.3 is 5.11 Å². The summed E-state index contributed by atoms with van der Waals surface area (Å²) >= 11 is 0. The van der Waals surface area contributed by atoms with E-state index in [4.69, 9.17) is 0 Å². The first-order valence-corrected chi connectivity index (χ1v) is 6.33. The van der Waals surface area contributed by atoms with Gasteiger partial charge in [0.25, 0.3) is 0 Å². The Kier molecular flexibility index (Phi) is 3.86. The second-order valence-corrected chi connectivity index (χ2v) is 4.85. The lowest BCUT2D eigenvalue weighted by Crippen LogP contribution is -2.25. The minimum atomic E-state index is -1.73. The van der Waals surface area contributed by atoms with Crippen molar-refractivity contribution < 1.29 is 18.3 Å². The molecule has 106 valence electrons. The first kappa shape index (κ1) is 14.6. The van der Waals surface area contributed by atoms with E-state index in [-0.39, 0.29) is 5.56 Å². The first-order chi connectivity index (χ1) is 9.37. The normalized spacial score (nSPS) is 14.1. The third kappa shape index (κ3) is 2.43. The summed E-state index contributed by atoms with van der Waals surface area (Å²) in [5.41, 5.74) is -0.541. The topological polar surface area (TPSA) is 20.2 Å². The van der Waals surface area contributed by atoms with Crippen LogP contribution in [0.15, 0.2) is 36.4 Å². The van der Waals surface area contributed by atoms with E-state index >= 15 is 0 Å². The van der Waals surface area contributed by atoms with Crippen LogP contribution in [0.4, 0.5) is 13.2 Å². The van der Waals surface area contributed by atoms with Gasteiger partial charge in [-0.05, 0) is 36.6 Å². The van der Waals surface area contributed by atoms with Gasteiger partial charge in [0.05, 0.1) is 0 Å². The molecule has 4 heteroatoms. The Labute approximate surface area is 115 Å². The molecule has 0 saturated heterocycles. The zero-order valence-electron chi connectivity index (χ0n) is 11.3. The maximum atomic E-state index is 13.8. The quantitative estimate of drug-likeness (QED) is 0.845. The molecule has 0 heterocycles. The van der Waals surface area contributed by atoms with Gasteiger partial charge in [0.1, 0.15) is 5.60 Å². The summed E-state index contributed by atoms with van der Waals surface area (Å²) in [6.07, 6.45) is 0.835. The van der Waals surface area contributed by atoms with Crippen LogP contribution in [0.5, 0.6) is 0 Å². The van der Waals surface area contributed by atoms with Gasteiger partial charge in [-0.3, -0.25) is 0 Å². The summed E-state index contributed by atoms with van der Waals surface area (Å²) in [5.74, 6) is -4.22.